The molecule has 0 radical (unpaired) electrons. The highest BCUT2D eigenvalue weighted by Crippen LogP contribution is 2.22. The van der Waals surface area contributed by atoms with Gasteiger partial charge in [0, 0.05) is 22.4 Å². The maximum atomic E-state index is 11.1. The van der Waals surface area contributed by atoms with Gasteiger partial charge in [0.1, 0.15) is 0 Å². The van der Waals surface area contributed by atoms with Gasteiger partial charge in [0.2, 0.25) is 5.91 Å². The van der Waals surface area contributed by atoms with Crippen molar-refractivity contribution in [3.63, 3.8) is 0 Å². The number of carbonyl (C=O) groups excluding carboxylic acids is 1. The van der Waals surface area contributed by atoms with E-state index in [0.29, 0.717) is 10.7 Å². The molecule has 0 aliphatic carbocycles. The molecule has 0 atom stereocenters. The molecule has 1 aliphatic heterocycles. The Balaban J connectivity index is 2.95. The van der Waals surface area contributed by atoms with E-state index in [1.165, 1.54) is 6.08 Å². The van der Waals surface area contributed by atoms with Gasteiger partial charge >= 0.3 is 0 Å². The zero-order valence-electron chi connectivity index (χ0n) is 8.51. The van der Waals surface area contributed by atoms with Crippen LogP contribution in [-0.4, -0.2) is 5.91 Å². The van der Waals surface area contributed by atoms with Crippen molar-refractivity contribution in [1.82, 2.24) is 5.32 Å². The van der Waals surface area contributed by atoms with E-state index >= 15 is 0 Å². The van der Waals surface area contributed by atoms with E-state index in [1.54, 1.807) is 12.2 Å². The summed E-state index contributed by atoms with van der Waals surface area (Å²) in [5, 5.41) is 3.06. The summed E-state index contributed by atoms with van der Waals surface area (Å²) in [6, 6.07) is 0. The lowest BCUT2D eigenvalue weighted by atomic mass is 10.0. The zero-order chi connectivity index (χ0) is 11.4. The molecule has 0 saturated carbocycles. The van der Waals surface area contributed by atoms with Crippen LogP contribution in [0.15, 0.2) is 59.3 Å². The summed E-state index contributed by atoms with van der Waals surface area (Å²) in [6.07, 6.45) is 6.87. The molecule has 1 rings (SSSR count). The molecule has 0 unspecified atom stereocenters. The van der Waals surface area contributed by atoms with Gasteiger partial charge in [-0.15, -0.1) is 0 Å². The summed E-state index contributed by atoms with van der Waals surface area (Å²) < 4.78 is 0. The second-order valence-corrected chi connectivity index (χ2v) is 3.54. The fourth-order valence-electron chi connectivity index (χ4n) is 1.25. The monoisotopic (exact) mass is 221 g/mol. The average molecular weight is 222 g/mol. The van der Waals surface area contributed by atoms with Crippen molar-refractivity contribution in [1.29, 1.82) is 0 Å². The topological polar surface area (TPSA) is 29.1 Å². The van der Waals surface area contributed by atoms with Crippen LogP contribution < -0.4 is 5.32 Å². The van der Waals surface area contributed by atoms with Gasteiger partial charge < -0.3 is 5.32 Å². The van der Waals surface area contributed by atoms with E-state index in [4.69, 9.17) is 11.6 Å². The summed E-state index contributed by atoms with van der Waals surface area (Å²) in [5.41, 5.74) is 2.29. The van der Waals surface area contributed by atoms with E-state index in [-0.39, 0.29) is 5.91 Å². The first-order chi connectivity index (χ1) is 7.04. The number of hydrogen-bond donors (Lipinski definition) is 1. The maximum absolute atomic E-state index is 11.1. The summed E-state index contributed by atoms with van der Waals surface area (Å²) in [4.78, 5) is 11.1. The predicted molar refractivity (Wildman–Crippen MR) is 63.3 cm³/mol. The van der Waals surface area contributed by atoms with Gasteiger partial charge in [-0.05, 0) is 18.6 Å². The number of rotatable bonds is 3. The second kappa shape index (κ2) is 4.80. The average Bonchev–Trinajstić information content (AvgIpc) is 2.46. The molecular formula is C12H12ClNO. The molecule has 0 aromatic carbocycles. The van der Waals surface area contributed by atoms with Crippen molar-refractivity contribution in [3.05, 3.63) is 59.3 Å². The Labute approximate surface area is 94.3 Å². The maximum Gasteiger partial charge on any atom is 0.249 e. The predicted octanol–water partition coefficient (Wildman–Crippen LogP) is 2.81. The van der Waals surface area contributed by atoms with Crippen molar-refractivity contribution in [2.45, 2.75) is 6.92 Å². The molecule has 1 N–H and O–H groups in total. The Bertz CT molecular complexity index is 413. The van der Waals surface area contributed by atoms with Crippen LogP contribution in [0.4, 0.5) is 0 Å². The molecule has 3 heteroatoms. The van der Waals surface area contributed by atoms with Crippen LogP contribution in [0.2, 0.25) is 0 Å². The Morgan fingerprint density at radius 3 is 2.60 bits per heavy atom. The third-order valence-electron chi connectivity index (χ3n) is 1.94. The lowest BCUT2D eigenvalue weighted by molar-refractivity contribution is -0.115. The van der Waals surface area contributed by atoms with Crippen molar-refractivity contribution in [2.24, 2.45) is 0 Å². The van der Waals surface area contributed by atoms with Crippen LogP contribution >= 0.6 is 11.6 Å². The van der Waals surface area contributed by atoms with Gasteiger partial charge in [0.05, 0.1) is 0 Å². The van der Waals surface area contributed by atoms with E-state index in [9.17, 15) is 4.79 Å². The smallest absolute Gasteiger partial charge is 0.249 e. The minimum atomic E-state index is -0.146. The molecule has 0 spiro atoms. The van der Waals surface area contributed by atoms with E-state index in [1.807, 2.05) is 13.0 Å². The van der Waals surface area contributed by atoms with Gasteiger partial charge in [-0.3, -0.25) is 4.79 Å². The number of amides is 1. The Morgan fingerprint density at radius 1 is 1.53 bits per heavy atom. The first-order valence-corrected chi connectivity index (χ1v) is 4.83. The Hall–Kier alpha value is -1.54. The molecule has 0 aromatic heterocycles. The molecular weight excluding hydrogens is 210 g/mol. The molecule has 0 aromatic rings. The summed E-state index contributed by atoms with van der Waals surface area (Å²) in [5.74, 6) is -0.146. The fourth-order valence-corrected chi connectivity index (χ4v) is 1.31. The standard InChI is InChI=1S/C12H12ClNO/c1-4-10(6-5-8(2)13)11-7-12(15)14-9(11)3/h4-7H,2-3H2,1H3,(H,14,15)/b6-5-,10-4+. The molecule has 0 bridgehead atoms. The van der Waals surface area contributed by atoms with Crippen molar-refractivity contribution >= 4 is 17.5 Å². The summed E-state index contributed by atoms with van der Waals surface area (Å²) in [6.45, 7) is 9.18. The summed E-state index contributed by atoms with van der Waals surface area (Å²) >= 11 is 5.62. The highest BCUT2D eigenvalue weighted by Gasteiger charge is 2.16. The molecule has 1 aliphatic rings. The zero-order valence-corrected chi connectivity index (χ0v) is 9.27. The molecule has 0 saturated heterocycles. The molecule has 0 fully saturated rings. The minimum absolute atomic E-state index is 0.146. The quantitative estimate of drug-likeness (QED) is 0.730. The minimum Gasteiger partial charge on any atom is -0.322 e. The van der Waals surface area contributed by atoms with E-state index in [2.05, 4.69) is 18.5 Å². The van der Waals surface area contributed by atoms with Crippen LogP contribution in [0.25, 0.3) is 0 Å². The van der Waals surface area contributed by atoms with Gasteiger partial charge in [0.25, 0.3) is 0 Å². The fraction of sp³-hybridized carbons (Fsp3) is 0.0833. The lowest BCUT2D eigenvalue weighted by Gasteiger charge is -2.03. The number of hydrogen-bond acceptors (Lipinski definition) is 1. The third kappa shape index (κ3) is 2.96. The first kappa shape index (κ1) is 11.5. The molecule has 15 heavy (non-hydrogen) atoms. The second-order valence-electron chi connectivity index (χ2n) is 3.05. The van der Waals surface area contributed by atoms with Crippen LogP contribution in [0.5, 0.6) is 0 Å². The van der Waals surface area contributed by atoms with E-state index < -0.39 is 0 Å². The van der Waals surface area contributed by atoms with Crippen LogP contribution in [0, 0.1) is 0 Å². The van der Waals surface area contributed by atoms with Gasteiger partial charge in [0.15, 0.2) is 0 Å². The molecule has 1 amide bonds. The molecule has 78 valence electrons. The van der Waals surface area contributed by atoms with Crippen LogP contribution in [-0.2, 0) is 4.79 Å². The molecule has 1 heterocycles. The highest BCUT2D eigenvalue weighted by atomic mass is 35.5. The van der Waals surface area contributed by atoms with Crippen molar-refractivity contribution in [2.75, 3.05) is 0 Å². The SMILES string of the molecule is C=C(Cl)/C=C\C(=C/C)C1=CC(=O)NC1=C. The number of nitrogens with one attached hydrogen (secondary N) is 1. The van der Waals surface area contributed by atoms with Gasteiger partial charge in [-0.2, -0.15) is 0 Å². The van der Waals surface area contributed by atoms with Crippen LogP contribution in [0.3, 0.4) is 0 Å². The highest BCUT2D eigenvalue weighted by molar-refractivity contribution is 6.30. The van der Waals surface area contributed by atoms with Gasteiger partial charge in [-0.25, -0.2) is 0 Å². The first-order valence-electron chi connectivity index (χ1n) is 4.45. The lowest BCUT2D eigenvalue weighted by Crippen LogP contribution is -2.12. The Morgan fingerprint density at radius 2 is 2.20 bits per heavy atom. The third-order valence-corrected chi connectivity index (χ3v) is 2.07. The largest absolute Gasteiger partial charge is 0.322 e. The Kier molecular flexibility index (Phi) is 3.69. The number of halogens is 1. The number of carbonyl (C=O) groups is 1. The van der Waals surface area contributed by atoms with Crippen molar-refractivity contribution < 1.29 is 4.79 Å². The van der Waals surface area contributed by atoms with Gasteiger partial charge in [-0.1, -0.05) is 36.9 Å². The normalized spacial score (nSPS) is 16.9. The number of allylic oxidation sites excluding steroid dienone is 5. The van der Waals surface area contributed by atoms with E-state index in [0.717, 1.165) is 11.1 Å². The summed E-state index contributed by atoms with van der Waals surface area (Å²) in [7, 11) is 0. The van der Waals surface area contributed by atoms with Crippen LogP contribution in [0.1, 0.15) is 6.92 Å². The molecule has 2 nitrogen and oxygen atoms in total. The van der Waals surface area contributed by atoms with Crippen molar-refractivity contribution in [3.8, 4) is 0 Å².